The number of hydrogen-bond acceptors (Lipinski definition) is 3. The van der Waals surface area contributed by atoms with Gasteiger partial charge < -0.3 is 14.6 Å². The number of benzene rings is 2. The SMILES string of the molecule is CN(C)c1ccc(NCc2c(Cl)oc3ccccc23)cc1. The number of furan rings is 1. The lowest BCUT2D eigenvalue weighted by Gasteiger charge is -2.13. The molecule has 1 heterocycles. The average Bonchev–Trinajstić information content (AvgIpc) is 2.81. The molecule has 3 nitrogen and oxygen atoms in total. The molecule has 1 aromatic heterocycles. The van der Waals surface area contributed by atoms with Gasteiger partial charge in [0.1, 0.15) is 5.58 Å². The van der Waals surface area contributed by atoms with Crippen LogP contribution in [-0.2, 0) is 6.54 Å². The van der Waals surface area contributed by atoms with E-state index in [1.807, 2.05) is 38.4 Å². The fourth-order valence-electron chi connectivity index (χ4n) is 2.30. The number of fused-ring (bicyclic) bond motifs is 1. The van der Waals surface area contributed by atoms with Crippen molar-refractivity contribution in [2.24, 2.45) is 0 Å². The van der Waals surface area contributed by atoms with Gasteiger partial charge >= 0.3 is 0 Å². The van der Waals surface area contributed by atoms with Crippen LogP contribution in [0.25, 0.3) is 11.0 Å². The number of nitrogens with one attached hydrogen (secondary N) is 1. The van der Waals surface area contributed by atoms with Crippen LogP contribution >= 0.6 is 11.6 Å². The van der Waals surface area contributed by atoms with Crippen LogP contribution in [0.1, 0.15) is 5.56 Å². The second kappa shape index (κ2) is 5.70. The summed E-state index contributed by atoms with van der Waals surface area (Å²) in [6.07, 6.45) is 0. The van der Waals surface area contributed by atoms with Crippen LogP contribution in [0.4, 0.5) is 11.4 Å². The first-order valence-electron chi connectivity index (χ1n) is 6.82. The third kappa shape index (κ3) is 2.83. The van der Waals surface area contributed by atoms with Crippen molar-refractivity contribution in [1.82, 2.24) is 0 Å². The second-order valence-corrected chi connectivity index (χ2v) is 5.49. The summed E-state index contributed by atoms with van der Waals surface area (Å²) in [7, 11) is 4.06. The number of anilines is 2. The lowest BCUT2D eigenvalue weighted by Crippen LogP contribution is -2.08. The molecule has 1 N–H and O–H groups in total. The first kappa shape index (κ1) is 13.8. The van der Waals surface area contributed by atoms with Crippen LogP contribution in [0.2, 0.25) is 5.22 Å². The summed E-state index contributed by atoms with van der Waals surface area (Å²) in [5, 5.41) is 4.89. The third-order valence-corrected chi connectivity index (χ3v) is 3.81. The quantitative estimate of drug-likeness (QED) is 0.752. The lowest BCUT2D eigenvalue weighted by molar-refractivity contribution is 0.613. The van der Waals surface area contributed by atoms with Gasteiger partial charge in [-0.05, 0) is 41.9 Å². The Kier molecular flexibility index (Phi) is 3.76. The van der Waals surface area contributed by atoms with E-state index in [2.05, 4.69) is 34.5 Å². The van der Waals surface area contributed by atoms with Crippen LogP contribution in [-0.4, -0.2) is 14.1 Å². The van der Waals surface area contributed by atoms with E-state index in [0.717, 1.165) is 22.2 Å². The smallest absolute Gasteiger partial charge is 0.199 e. The molecule has 0 atom stereocenters. The molecule has 0 saturated heterocycles. The first-order chi connectivity index (χ1) is 10.1. The molecule has 2 aromatic carbocycles. The molecule has 0 aliphatic rings. The minimum atomic E-state index is 0.452. The maximum Gasteiger partial charge on any atom is 0.199 e. The predicted octanol–water partition coefficient (Wildman–Crippen LogP) is 4.76. The maximum absolute atomic E-state index is 6.19. The average molecular weight is 301 g/mol. The topological polar surface area (TPSA) is 28.4 Å². The summed E-state index contributed by atoms with van der Waals surface area (Å²) >= 11 is 6.19. The Morgan fingerprint density at radius 2 is 1.76 bits per heavy atom. The largest absolute Gasteiger partial charge is 0.444 e. The Bertz CT molecular complexity index is 747. The molecule has 0 bridgehead atoms. The zero-order valence-corrected chi connectivity index (χ0v) is 12.8. The molecule has 0 amide bonds. The highest BCUT2D eigenvalue weighted by Gasteiger charge is 2.11. The summed E-state index contributed by atoms with van der Waals surface area (Å²) in [6.45, 7) is 0.636. The predicted molar refractivity (Wildman–Crippen MR) is 89.3 cm³/mol. The molecule has 4 heteroatoms. The molecular weight excluding hydrogens is 284 g/mol. The van der Waals surface area contributed by atoms with Crippen molar-refractivity contribution in [3.05, 3.63) is 59.3 Å². The van der Waals surface area contributed by atoms with Gasteiger partial charge in [-0.1, -0.05) is 18.2 Å². The Labute approximate surface area is 129 Å². The number of halogens is 1. The Hall–Kier alpha value is -2.13. The van der Waals surface area contributed by atoms with Gasteiger partial charge in [0.25, 0.3) is 0 Å². The Morgan fingerprint density at radius 1 is 1.05 bits per heavy atom. The molecule has 3 aromatic rings. The van der Waals surface area contributed by atoms with E-state index < -0.39 is 0 Å². The van der Waals surface area contributed by atoms with Gasteiger partial charge in [0.15, 0.2) is 5.22 Å². The van der Waals surface area contributed by atoms with E-state index in [0.29, 0.717) is 11.8 Å². The van der Waals surface area contributed by atoms with Crippen molar-refractivity contribution in [1.29, 1.82) is 0 Å². The summed E-state index contributed by atoms with van der Waals surface area (Å²) < 4.78 is 5.56. The van der Waals surface area contributed by atoms with Crippen LogP contribution in [0.3, 0.4) is 0 Å². The number of para-hydroxylation sites is 1. The maximum atomic E-state index is 6.19. The highest BCUT2D eigenvalue weighted by Crippen LogP contribution is 2.30. The molecule has 0 spiro atoms. The summed E-state index contributed by atoms with van der Waals surface area (Å²) in [6, 6.07) is 16.2. The summed E-state index contributed by atoms with van der Waals surface area (Å²) in [5.41, 5.74) is 4.04. The molecule has 0 aliphatic heterocycles. The van der Waals surface area contributed by atoms with Gasteiger partial charge in [0.2, 0.25) is 0 Å². The van der Waals surface area contributed by atoms with Gasteiger partial charge in [-0.25, -0.2) is 0 Å². The van der Waals surface area contributed by atoms with E-state index in [1.165, 1.54) is 5.69 Å². The van der Waals surface area contributed by atoms with E-state index in [9.17, 15) is 0 Å². The number of rotatable bonds is 4. The standard InChI is InChI=1S/C17H17ClN2O/c1-20(2)13-9-7-12(8-10-13)19-11-15-14-5-3-4-6-16(14)21-17(15)18/h3-10,19H,11H2,1-2H3. The Balaban J connectivity index is 1.78. The van der Waals surface area contributed by atoms with Crippen LogP contribution in [0, 0.1) is 0 Å². The van der Waals surface area contributed by atoms with Crippen molar-refractivity contribution in [3.8, 4) is 0 Å². The van der Waals surface area contributed by atoms with Crippen molar-refractivity contribution in [2.45, 2.75) is 6.54 Å². The molecule has 0 radical (unpaired) electrons. The monoisotopic (exact) mass is 300 g/mol. The molecule has 0 fully saturated rings. The van der Waals surface area contributed by atoms with Crippen LogP contribution in [0.5, 0.6) is 0 Å². The number of hydrogen-bond donors (Lipinski definition) is 1. The summed E-state index contributed by atoms with van der Waals surface area (Å²) in [4.78, 5) is 2.07. The second-order valence-electron chi connectivity index (χ2n) is 5.15. The minimum absolute atomic E-state index is 0.452. The third-order valence-electron chi connectivity index (χ3n) is 3.50. The summed E-state index contributed by atoms with van der Waals surface area (Å²) in [5.74, 6) is 0. The number of nitrogens with zero attached hydrogens (tertiary/aromatic N) is 1. The van der Waals surface area contributed by atoms with Gasteiger partial charge in [0, 0.05) is 43.0 Å². The molecule has 0 unspecified atom stereocenters. The Morgan fingerprint density at radius 3 is 2.48 bits per heavy atom. The molecule has 0 aliphatic carbocycles. The van der Waals surface area contributed by atoms with E-state index in [1.54, 1.807) is 0 Å². The van der Waals surface area contributed by atoms with Crippen LogP contribution in [0.15, 0.2) is 52.9 Å². The van der Waals surface area contributed by atoms with Gasteiger partial charge in [0.05, 0.1) is 0 Å². The van der Waals surface area contributed by atoms with Gasteiger partial charge in [-0.15, -0.1) is 0 Å². The van der Waals surface area contributed by atoms with Gasteiger partial charge in [-0.3, -0.25) is 0 Å². The fraction of sp³-hybridized carbons (Fsp3) is 0.176. The van der Waals surface area contributed by atoms with Gasteiger partial charge in [-0.2, -0.15) is 0 Å². The van der Waals surface area contributed by atoms with Crippen molar-refractivity contribution in [2.75, 3.05) is 24.3 Å². The first-order valence-corrected chi connectivity index (χ1v) is 7.20. The van der Waals surface area contributed by atoms with Crippen molar-refractivity contribution in [3.63, 3.8) is 0 Å². The van der Waals surface area contributed by atoms with Crippen molar-refractivity contribution >= 4 is 33.9 Å². The van der Waals surface area contributed by atoms with Crippen molar-refractivity contribution < 1.29 is 4.42 Å². The highest BCUT2D eigenvalue weighted by atomic mass is 35.5. The van der Waals surface area contributed by atoms with E-state index in [4.69, 9.17) is 16.0 Å². The molecule has 0 saturated carbocycles. The van der Waals surface area contributed by atoms with E-state index >= 15 is 0 Å². The normalized spacial score (nSPS) is 10.8. The minimum Gasteiger partial charge on any atom is -0.444 e. The molecule has 3 rings (SSSR count). The van der Waals surface area contributed by atoms with Crippen LogP contribution < -0.4 is 10.2 Å². The molecule has 21 heavy (non-hydrogen) atoms. The molecule has 108 valence electrons. The fourth-order valence-corrected chi connectivity index (χ4v) is 2.55. The zero-order chi connectivity index (χ0) is 14.8. The lowest BCUT2D eigenvalue weighted by atomic mass is 10.1. The van der Waals surface area contributed by atoms with E-state index in [-0.39, 0.29) is 0 Å². The molecular formula is C17H17ClN2O. The zero-order valence-electron chi connectivity index (χ0n) is 12.1. The highest BCUT2D eigenvalue weighted by molar-refractivity contribution is 6.30.